The van der Waals surface area contributed by atoms with Gasteiger partial charge in [0.1, 0.15) is 5.76 Å². The molecular formula is C12H21N3O2. The van der Waals surface area contributed by atoms with Crippen LogP contribution in [0.2, 0.25) is 0 Å². The molecule has 1 heterocycles. The highest BCUT2D eigenvalue weighted by Crippen LogP contribution is 2.17. The molecule has 0 aliphatic carbocycles. The van der Waals surface area contributed by atoms with Gasteiger partial charge in [-0.25, -0.2) is 5.84 Å². The van der Waals surface area contributed by atoms with Crippen molar-refractivity contribution in [1.82, 2.24) is 10.3 Å². The lowest BCUT2D eigenvalue weighted by atomic mass is 10.2. The zero-order valence-electron chi connectivity index (χ0n) is 10.9. The summed E-state index contributed by atoms with van der Waals surface area (Å²) in [5.74, 6) is 5.78. The van der Waals surface area contributed by atoms with Crippen molar-refractivity contribution in [1.29, 1.82) is 0 Å². The van der Waals surface area contributed by atoms with Gasteiger partial charge < -0.3 is 4.42 Å². The lowest BCUT2D eigenvalue weighted by molar-refractivity contribution is 0.0920. The number of nitrogen functional groups attached to an aromatic ring is 1. The van der Waals surface area contributed by atoms with Gasteiger partial charge in [-0.15, -0.1) is 0 Å². The highest BCUT2D eigenvalue weighted by molar-refractivity contribution is 5.92. The van der Waals surface area contributed by atoms with E-state index >= 15 is 0 Å². The number of hydrazine groups is 1. The zero-order valence-corrected chi connectivity index (χ0v) is 10.9. The Labute approximate surface area is 102 Å². The summed E-state index contributed by atoms with van der Waals surface area (Å²) < 4.78 is 5.52. The van der Waals surface area contributed by atoms with Crippen LogP contribution in [0.4, 0.5) is 0 Å². The Morgan fingerprint density at radius 3 is 2.71 bits per heavy atom. The predicted octanol–water partition coefficient (Wildman–Crippen LogP) is 1.42. The maximum Gasteiger partial charge on any atom is 0.301 e. The second-order valence-corrected chi connectivity index (χ2v) is 4.36. The first-order chi connectivity index (χ1) is 7.99. The molecule has 5 nitrogen and oxygen atoms in total. The summed E-state index contributed by atoms with van der Waals surface area (Å²) in [6.45, 7) is 9.84. The summed E-state index contributed by atoms with van der Waals surface area (Å²) in [7, 11) is 0. The molecule has 0 saturated carbocycles. The summed E-state index contributed by atoms with van der Waals surface area (Å²) in [4.78, 5) is 13.6. The lowest BCUT2D eigenvalue weighted by Gasteiger charge is -2.23. The van der Waals surface area contributed by atoms with E-state index in [1.54, 1.807) is 0 Å². The number of amides is 1. The fraction of sp³-hybridized carbons (Fsp3) is 0.583. The van der Waals surface area contributed by atoms with Gasteiger partial charge in [0.25, 0.3) is 0 Å². The quantitative estimate of drug-likeness (QED) is 0.463. The van der Waals surface area contributed by atoms with E-state index in [0.29, 0.717) is 18.3 Å². The molecule has 0 bridgehead atoms. The first-order valence-electron chi connectivity index (χ1n) is 5.83. The molecule has 0 fully saturated rings. The maximum atomic E-state index is 11.4. The van der Waals surface area contributed by atoms with E-state index in [9.17, 15) is 4.79 Å². The van der Waals surface area contributed by atoms with E-state index in [2.05, 4.69) is 31.1 Å². The van der Waals surface area contributed by atoms with Crippen molar-refractivity contribution in [3.05, 3.63) is 23.2 Å². The Balaban J connectivity index is 2.83. The third-order valence-electron chi connectivity index (χ3n) is 2.80. The number of carbonyl (C=O) groups excluding carboxylic acids is 1. The Morgan fingerprint density at radius 2 is 2.24 bits per heavy atom. The van der Waals surface area contributed by atoms with Gasteiger partial charge in [0.2, 0.25) is 0 Å². The zero-order chi connectivity index (χ0) is 13.0. The van der Waals surface area contributed by atoms with Crippen LogP contribution in [0.5, 0.6) is 0 Å². The van der Waals surface area contributed by atoms with Gasteiger partial charge in [-0.2, -0.15) is 0 Å². The minimum atomic E-state index is -0.388. The first-order valence-corrected chi connectivity index (χ1v) is 5.83. The van der Waals surface area contributed by atoms with E-state index < -0.39 is 0 Å². The van der Waals surface area contributed by atoms with E-state index in [4.69, 9.17) is 10.3 Å². The molecule has 17 heavy (non-hydrogen) atoms. The molecule has 1 aromatic heterocycles. The van der Waals surface area contributed by atoms with Crippen LogP contribution in [0.15, 0.2) is 10.5 Å². The summed E-state index contributed by atoms with van der Waals surface area (Å²) in [5, 5.41) is 0. The molecule has 0 aliphatic rings. The molecule has 0 atom stereocenters. The van der Waals surface area contributed by atoms with E-state index in [-0.39, 0.29) is 5.91 Å². The molecule has 3 N–H and O–H groups in total. The van der Waals surface area contributed by atoms with Gasteiger partial charge in [0.15, 0.2) is 5.76 Å². The number of nitrogens with two attached hydrogens (primary N) is 1. The topological polar surface area (TPSA) is 71.5 Å². The Bertz CT molecular complexity index is 385. The fourth-order valence-corrected chi connectivity index (χ4v) is 1.78. The Kier molecular flexibility index (Phi) is 4.72. The minimum Gasteiger partial charge on any atom is -0.454 e. The van der Waals surface area contributed by atoms with Crippen molar-refractivity contribution in [2.45, 2.75) is 40.3 Å². The molecule has 1 rings (SSSR count). The summed E-state index contributed by atoms with van der Waals surface area (Å²) in [6.07, 6.45) is 0. The summed E-state index contributed by atoms with van der Waals surface area (Å²) in [6, 6.07) is 2.33. The number of hydrogen-bond donors (Lipinski definition) is 2. The standard InChI is InChI=1S/C12H21N3O2/c1-5-15(8(2)3)7-10-6-9(4)11(17-10)12(16)14-13/h6,8H,5,7,13H2,1-4H3,(H,14,16). The number of nitrogens with zero attached hydrogens (tertiary/aromatic N) is 1. The SMILES string of the molecule is CCN(Cc1cc(C)c(C(=O)NN)o1)C(C)C. The van der Waals surface area contributed by atoms with Gasteiger partial charge in [0, 0.05) is 11.6 Å². The van der Waals surface area contributed by atoms with E-state index in [0.717, 1.165) is 17.9 Å². The van der Waals surface area contributed by atoms with Crippen LogP contribution in [0.25, 0.3) is 0 Å². The highest BCUT2D eigenvalue weighted by atomic mass is 16.4. The maximum absolute atomic E-state index is 11.4. The second kappa shape index (κ2) is 5.84. The number of aryl methyl sites for hydroxylation is 1. The fourth-order valence-electron chi connectivity index (χ4n) is 1.78. The van der Waals surface area contributed by atoms with Crippen LogP contribution >= 0.6 is 0 Å². The normalized spacial score (nSPS) is 11.2. The van der Waals surface area contributed by atoms with Crippen LogP contribution in [0, 0.1) is 6.92 Å². The number of rotatable bonds is 5. The van der Waals surface area contributed by atoms with Crippen molar-refractivity contribution in [3.8, 4) is 0 Å². The average molecular weight is 239 g/mol. The number of hydrogen-bond acceptors (Lipinski definition) is 4. The largest absolute Gasteiger partial charge is 0.454 e. The molecule has 1 amide bonds. The molecule has 0 saturated heterocycles. The molecule has 0 spiro atoms. The molecule has 0 radical (unpaired) electrons. The van der Waals surface area contributed by atoms with Gasteiger partial charge in [-0.3, -0.25) is 15.1 Å². The van der Waals surface area contributed by atoms with Gasteiger partial charge >= 0.3 is 5.91 Å². The van der Waals surface area contributed by atoms with Gasteiger partial charge in [0.05, 0.1) is 6.54 Å². The van der Waals surface area contributed by atoms with E-state index in [1.165, 1.54) is 0 Å². The van der Waals surface area contributed by atoms with Crippen LogP contribution in [0.3, 0.4) is 0 Å². The monoisotopic (exact) mass is 239 g/mol. The van der Waals surface area contributed by atoms with Crippen molar-refractivity contribution >= 4 is 5.91 Å². The van der Waals surface area contributed by atoms with Crippen molar-refractivity contribution in [2.75, 3.05) is 6.54 Å². The molecule has 0 aliphatic heterocycles. The molecule has 5 heteroatoms. The molecule has 1 aromatic rings. The number of carbonyl (C=O) groups is 1. The van der Waals surface area contributed by atoms with Gasteiger partial charge in [-0.05, 0) is 33.4 Å². The summed E-state index contributed by atoms with van der Waals surface area (Å²) >= 11 is 0. The molecule has 0 unspecified atom stereocenters. The van der Waals surface area contributed by atoms with Gasteiger partial charge in [-0.1, -0.05) is 6.92 Å². The van der Waals surface area contributed by atoms with Crippen molar-refractivity contribution in [3.63, 3.8) is 0 Å². The van der Waals surface area contributed by atoms with Crippen LogP contribution in [0.1, 0.15) is 42.6 Å². The third kappa shape index (κ3) is 3.31. The van der Waals surface area contributed by atoms with Crippen LogP contribution < -0.4 is 11.3 Å². The third-order valence-corrected chi connectivity index (χ3v) is 2.80. The molecule has 96 valence electrons. The smallest absolute Gasteiger partial charge is 0.301 e. The minimum absolute atomic E-state index is 0.294. The van der Waals surface area contributed by atoms with Crippen molar-refractivity contribution in [2.24, 2.45) is 5.84 Å². The Hall–Kier alpha value is -1.33. The Morgan fingerprint density at radius 1 is 1.59 bits per heavy atom. The van der Waals surface area contributed by atoms with Crippen LogP contribution in [-0.4, -0.2) is 23.4 Å². The molecular weight excluding hydrogens is 218 g/mol. The van der Waals surface area contributed by atoms with Crippen LogP contribution in [-0.2, 0) is 6.54 Å². The second-order valence-electron chi connectivity index (χ2n) is 4.36. The average Bonchev–Trinajstić information content (AvgIpc) is 2.65. The summed E-state index contributed by atoms with van der Waals surface area (Å²) in [5.41, 5.74) is 2.89. The molecule has 0 aromatic carbocycles. The predicted molar refractivity (Wildman–Crippen MR) is 66.3 cm³/mol. The van der Waals surface area contributed by atoms with E-state index in [1.807, 2.05) is 13.0 Å². The number of furan rings is 1. The highest BCUT2D eigenvalue weighted by Gasteiger charge is 2.16. The first kappa shape index (κ1) is 13.7. The van der Waals surface area contributed by atoms with Crippen molar-refractivity contribution < 1.29 is 9.21 Å². The lowest BCUT2D eigenvalue weighted by Crippen LogP contribution is -2.30. The number of nitrogens with one attached hydrogen (secondary N) is 1.